The van der Waals surface area contributed by atoms with E-state index in [9.17, 15) is 4.79 Å². The molecule has 0 radical (unpaired) electrons. The number of aromatic nitrogens is 2. The van der Waals surface area contributed by atoms with Gasteiger partial charge >= 0.3 is 0 Å². The minimum absolute atomic E-state index is 0.286. The van der Waals surface area contributed by atoms with Crippen molar-refractivity contribution in [2.45, 2.75) is 58.9 Å². The second kappa shape index (κ2) is 7.63. The minimum Gasteiger partial charge on any atom is -0.342 e. The Balaban J connectivity index is 1.49. The van der Waals surface area contributed by atoms with Gasteiger partial charge in [0.2, 0.25) is 5.91 Å². The lowest BCUT2D eigenvalue weighted by molar-refractivity contribution is -0.139. The first-order chi connectivity index (χ1) is 13.1. The molecule has 4 rings (SSSR count). The van der Waals surface area contributed by atoms with Crippen LogP contribution >= 0.6 is 0 Å². The number of hydrogen-bond donors (Lipinski definition) is 0. The predicted molar refractivity (Wildman–Crippen MR) is 108 cm³/mol. The van der Waals surface area contributed by atoms with Crippen LogP contribution in [0.1, 0.15) is 56.8 Å². The smallest absolute Gasteiger partial charge is 0.222 e. The SMILES string of the molecule is CCCCN1CC2(CCCN(Cc3c(C)nc4ccccn34)C2)CCC1=O. The molecule has 1 atom stereocenters. The van der Waals surface area contributed by atoms with Gasteiger partial charge in [-0.05, 0) is 51.3 Å². The Morgan fingerprint density at radius 1 is 1.22 bits per heavy atom. The zero-order valence-corrected chi connectivity index (χ0v) is 16.8. The van der Waals surface area contributed by atoms with Crippen molar-refractivity contribution in [3.8, 4) is 0 Å². The topological polar surface area (TPSA) is 40.9 Å². The van der Waals surface area contributed by atoms with Gasteiger partial charge in [-0.15, -0.1) is 0 Å². The van der Waals surface area contributed by atoms with Crippen molar-refractivity contribution >= 4 is 11.6 Å². The zero-order valence-electron chi connectivity index (χ0n) is 16.8. The van der Waals surface area contributed by atoms with Crippen molar-refractivity contribution in [2.24, 2.45) is 5.41 Å². The van der Waals surface area contributed by atoms with E-state index in [1.165, 1.54) is 18.5 Å². The number of hydrogen-bond acceptors (Lipinski definition) is 3. The summed E-state index contributed by atoms with van der Waals surface area (Å²) in [6.45, 7) is 9.39. The highest BCUT2D eigenvalue weighted by Gasteiger charge is 2.41. The van der Waals surface area contributed by atoms with E-state index >= 15 is 0 Å². The van der Waals surface area contributed by atoms with E-state index < -0.39 is 0 Å². The number of imidazole rings is 1. The van der Waals surface area contributed by atoms with Crippen LogP contribution < -0.4 is 0 Å². The molecule has 2 saturated heterocycles. The molecule has 2 fully saturated rings. The zero-order chi connectivity index (χ0) is 18.9. The van der Waals surface area contributed by atoms with Crippen LogP contribution in [0.5, 0.6) is 0 Å². The molecule has 1 unspecified atom stereocenters. The number of carbonyl (C=O) groups is 1. The second-order valence-corrected chi connectivity index (χ2v) is 8.56. The maximum atomic E-state index is 12.4. The van der Waals surface area contributed by atoms with Gasteiger partial charge in [0.1, 0.15) is 5.65 Å². The predicted octanol–water partition coefficient (Wildman–Crippen LogP) is 3.65. The Kier molecular flexibility index (Phi) is 5.22. The van der Waals surface area contributed by atoms with Crippen LogP contribution in [-0.2, 0) is 11.3 Å². The third-order valence-electron chi connectivity index (χ3n) is 6.47. The van der Waals surface area contributed by atoms with Crippen molar-refractivity contribution < 1.29 is 4.79 Å². The minimum atomic E-state index is 0.286. The molecule has 0 N–H and O–H groups in total. The van der Waals surface area contributed by atoms with Gasteiger partial charge in [0.15, 0.2) is 0 Å². The lowest BCUT2D eigenvalue weighted by atomic mass is 9.73. The molecule has 0 saturated carbocycles. The van der Waals surface area contributed by atoms with E-state index in [1.54, 1.807) is 0 Å². The van der Waals surface area contributed by atoms with E-state index in [4.69, 9.17) is 4.98 Å². The lowest BCUT2D eigenvalue weighted by Crippen LogP contribution is -2.54. The van der Waals surface area contributed by atoms with E-state index in [1.807, 2.05) is 6.07 Å². The third-order valence-corrected chi connectivity index (χ3v) is 6.47. The number of amides is 1. The molecule has 4 heterocycles. The van der Waals surface area contributed by atoms with Crippen LogP contribution in [0.15, 0.2) is 24.4 Å². The largest absolute Gasteiger partial charge is 0.342 e. The molecule has 0 bridgehead atoms. The number of aryl methyl sites for hydroxylation is 1. The molecular formula is C22H32N4O. The summed E-state index contributed by atoms with van der Waals surface area (Å²) >= 11 is 0. The summed E-state index contributed by atoms with van der Waals surface area (Å²) in [7, 11) is 0. The number of rotatable bonds is 5. The monoisotopic (exact) mass is 368 g/mol. The molecule has 2 aliphatic rings. The number of nitrogens with zero attached hydrogens (tertiary/aromatic N) is 4. The molecule has 0 aliphatic carbocycles. The standard InChI is InChI=1S/C22H32N4O/c1-3-4-13-25-17-22(11-9-21(25)27)10-7-12-24(16-22)15-19-18(2)23-20-8-5-6-14-26(19)20/h5-6,8,14H,3-4,7,9-13,15-17H2,1-2H3. The maximum Gasteiger partial charge on any atom is 0.222 e. The Hall–Kier alpha value is -1.88. The fourth-order valence-corrected chi connectivity index (χ4v) is 5.00. The van der Waals surface area contributed by atoms with Gasteiger partial charge in [0.25, 0.3) is 0 Å². The molecule has 27 heavy (non-hydrogen) atoms. The molecule has 1 spiro atoms. The van der Waals surface area contributed by atoms with Gasteiger partial charge in [-0.2, -0.15) is 0 Å². The Morgan fingerprint density at radius 3 is 2.96 bits per heavy atom. The molecule has 146 valence electrons. The number of carbonyl (C=O) groups excluding carboxylic acids is 1. The van der Waals surface area contributed by atoms with Gasteiger partial charge in [-0.1, -0.05) is 19.4 Å². The molecule has 2 aliphatic heterocycles. The first-order valence-corrected chi connectivity index (χ1v) is 10.5. The van der Waals surface area contributed by atoms with Crippen LogP contribution in [0.3, 0.4) is 0 Å². The van der Waals surface area contributed by atoms with Crippen molar-refractivity contribution in [3.05, 3.63) is 35.8 Å². The number of unbranched alkanes of at least 4 members (excludes halogenated alkanes) is 1. The summed E-state index contributed by atoms with van der Waals surface area (Å²) in [5.41, 5.74) is 3.75. The maximum absolute atomic E-state index is 12.4. The molecule has 2 aromatic heterocycles. The lowest BCUT2D eigenvalue weighted by Gasteiger charge is -2.48. The van der Waals surface area contributed by atoms with Crippen LogP contribution in [-0.4, -0.2) is 51.3 Å². The van der Waals surface area contributed by atoms with Gasteiger partial charge in [0, 0.05) is 44.2 Å². The summed E-state index contributed by atoms with van der Waals surface area (Å²) in [5.74, 6) is 0.365. The second-order valence-electron chi connectivity index (χ2n) is 8.56. The Morgan fingerprint density at radius 2 is 2.11 bits per heavy atom. The molecule has 0 aromatic carbocycles. The molecule has 2 aromatic rings. The number of fused-ring (bicyclic) bond motifs is 1. The van der Waals surface area contributed by atoms with Crippen LogP contribution in [0.25, 0.3) is 5.65 Å². The van der Waals surface area contributed by atoms with Crippen molar-refractivity contribution in [1.82, 2.24) is 19.2 Å². The quantitative estimate of drug-likeness (QED) is 0.809. The summed E-state index contributed by atoms with van der Waals surface area (Å²) in [6.07, 6.45) is 8.65. The summed E-state index contributed by atoms with van der Waals surface area (Å²) < 4.78 is 2.23. The van der Waals surface area contributed by atoms with Gasteiger partial charge in [-0.25, -0.2) is 4.98 Å². The Bertz CT molecular complexity index is 814. The first-order valence-electron chi connectivity index (χ1n) is 10.5. The van der Waals surface area contributed by atoms with E-state index in [0.29, 0.717) is 5.91 Å². The highest BCUT2D eigenvalue weighted by Crippen LogP contribution is 2.39. The van der Waals surface area contributed by atoms with Gasteiger partial charge in [-0.3, -0.25) is 9.69 Å². The van der Waals surface area contributed by atoms with Crippen molar-refractivity contribution in [2.75, 3.05) is 26.2 Å². The fourth-order valence-electron chi connectivity index (χ4n) is 5.00. The highest BCUT2D eigenvalue weighted by molar-refractivity contribution is 5.77. The average Bonchev–Trinajstić information content (AvgIpc) is 2.98. The summed E-state index contributed by atoms with van der Waals surface area (Å²) in [5, 5.41) is 0. The normalized spacial score (nSPS) is 24.2. The van der Waals surface area contributed by atoms with Crippen molar-refractivity contribution in [3.63, 3.8) is 0 Å². The molecule has 5 heteroatoms. The first kappa shape index (κ1) is 18.5. The van der Waals surface area contributed by atoms with Crippen LogP contribution in [0.2, 0.25) is 0 Å². The number of likely N-dealkylation sites (tertiary alicyclic amines) is 2. The van der Waals surface area contributed by atoms with E-state index in [0.717, 1.165) is 69.7 Å². The summed E-state index contributed by atoms with van der Waals surface area (Å²) in [4.78, 5) is 21.8. The number of pyridine rings is 1. The van der Waals surface area contributed by atoms with E-state index in [2.05, 4.69) is 46.4 Å². The third kappa shape index (κ3) is 3.75. The Labute approximate surface area is 162 Å². The van der Waals surface area contributed by atoms with Crippen LogP contribution in [0, 0.1) is 12.3 Å². The van der Waals surface area contributed by atoms with Gasteiger partial charge in [0.05, 0.1) is 11.4 Å². The number of piperidine rings is 2. The highest BCUT2D eigenvalue weighted by atomic mass is 16.2. The summed E-state index contributed by atoms with van der Waals surface area (Å²) in [6, 6.07) is 6.20. The average molecular weight is 369 g/mol. The molecular weight excluding hydrogens is 336 g/mol. The molecule has 5 nitrogen and oxygen atoms in total. The van der Waals surface area contributed by atoms with Crippen LogP contribution in [0.4, 0.5) is 0 Å². The van der Waals surface area contributed by atoms with Crippen molar-refractivity contribution in [1.29, 1.82) is 0 Å². The van der Waals surface area contributed by atoms with E-state index in [-0.39, 0.29) is 5.41 Å². The molecule has 1 amide bonds. The van der Waals surface area contributed by atoms with Gasteiger partial charge < -0.3 is 9.30 Å². The fraction of sp³-hybridized carbons (Fsp3) is 0.636.